The van der Waals surface area contributed by atoms with E-state index in [-0.39, 0.29) is 4.75 Å². The maximum atomic E-state index is 4.71. The highest BCUT2D eigenvalue weighted by atomic mass is 32.1. The van der Waals surface area contributed by atoms with Gasteiger partial charge in [-0.25, -0.2) is 0 Å². The normalized spacial score (nSPS) is 14.4. The lowest BCUT2D eigenvalue weighted by molar-refractivity contribution is 0.801. The maximum absolute atomic E-state index is 4.71. The summed E-state index contributed by atoms with van der Waals surface area (Å²) < 4.78 is -0.378. The molecule has 2 rings (SSSR count). The van der Waals surface area contributed by atoms with Crippen molar-refractivity contribution in [2.45, 2.75) is 18.6 Å². The number of hydrogen-bond acceptors (Lipinski definition) is 3. The molecule has 0 aliphatic rings. The average molecular weight is 230 g/mol. The largest absolute Gasteiger partial charge is 0.265 e. The van der Waals surface area contributed by atoms with E-state index in [1.165, 1.54) is 0 Å². The van der Waals surface area contributed by atoms with Crippen molar-refractivity contribution in [3.05, 3.63) is 59.7 Å². The van der Waals surface area contributed by atoms with Crippen LogP contribution < -0.4 is 0 Å². The average Bonchev–Trinajstić information content (AvgIpc) is 2.31. The molecule has 0 fully saturated rings. The van der Waals surface area contributed by atoms with Crippen LogP contribution in [0.4, 0.5) is 0 Å². The van der Waals surface area contributed by atoms with Gasteiger partial charge in [0.15, 0.2) is 0 Å². The molecule has 0 aromatic carbocycles. The highest BCUT2D eigenvalue weighted by molar-refractivity contribution is 7.81. The van der Waals surface area contributed by atoms with Crippen molar-refractivity contribution in [2.24, 2.45) is 0 Å². The van der Waals surface area contributed by atoms with Gasteiger partial charge in [0.05, 0.1) is 10.4 Å². The maximum Gasteiger partial charge on any atom is 0.0771 e. The lowest BCUT2D eigenvalue weighted by Gasteiger charge is -2.23. The third-order valence-corrected chi connectivity index (χ3v) is 3.14. The first-order chi connectivity index (χ1) is 7.60. The lowest BCUT2D eigenvalue weighted by Crippen LogP contribution is -2.17. The molecule has 3 heteroatoms. The van der Waals surface area contributed by atoms with E-state index in [9.17, 15) is 0 Å². The predicted octanol–water partition coefficient (Wildman–Crippen LogP) is 2.98. The number of hydrogen-bond donors (Lipinski definition) is 1. The SMILES string of the molecule is Cc1ccc(C(C)(S)c2ccncc2)nc1. The van der Waals surface area contributed by atoms with Crippen LogP contribution in [-0.4, -0.2) is 9.97 Å². The molecule has 0 N–H and O–H groups in total. The van der Waals surface area contributed by atoms with Crippen molar-refractivity contribution in [1.29, 1.82) is 0 Å². The van der Waals surface area contributed by atoms with E-state index in [1.54, 1.807) is 12.4 Å². The molecule has 0 saturated heterocycles. The molecule has 82 valence electrons. The van der Waals surface area contributed by atoms with E-state index in [4.69, 9.17) is 12.6 Å². The summed E-state index contributed by atoms with van der Waals surface area (Å²) in [5.41, 5.74) is 3.21. The Bertz CT molecular complexity index is 463. The van der Waals surface area contributed by atoms with Gasteiger partial charge in [0, 0.05) is 18.6 Å². The Kier molecular flexibility index (Phi) is 2.97. The molecule has 0 spiro atoms. The number of aryl methyl sites for hydroxylation is 1. The van der Waals surface area contributed by atoms with Crippen LogP contribution in [0.1, 0.15) is 23.7 Å². The standard InChI is InChI=1S/C13H14N2S/c1-10-3-4-12(15-9-10)13(2,16)11-5-7-14-8-6-11/h3-9,16H,1-2H3. The highest BCUT2D eigenvalue weighted by Gasteiger charge is 2.25. The topological polar surface area (TPSA) is 25.8 Å². The van der Waals surface area contributed by atoms with Crippen LogP contribution in [-0.2, 0) is 4.75 Å². The van der Waals surface area contributed by atoms with Gasteiger partial charge in [-0.1, -0.05) is 6.07 Å². The lowest BCUT2D eigenvalue weighted by atomic mass is 9.97. The van der Waals surface area contributed by atoms with E-state index < -0.39 is 0 Å². The predicted molar refractivity (Wildman–Crippen MR) is 68.7 cm³/mol. The molecule has 2 aromatic heterocycles. The number of rotatable bonds is 2. The van der Waals surface area contributed by atoms with Crippen LogP contribution in [0.25, 0.3) is 0 Å². The van der Waals surface area contributed by atoms with Crippen molar-refractivity contribution in [3.8, 4) is 0 Å². The summed E-state index contributed by atoms with van der Waals surface area (Å²) in [6.07, 6.45) is 5.42. The van der Waals surface area contributed by atoms with Gasteiger partial charge in [-0.15, -0.1) is 0 Å². The van der Waals surface area contributed by atoms with Crippen LogP contribution in [0.5, 0.6) is 0 Å². The van der Waals surface area contributed by atoms with E-state index in [0.717, 1.165) is 16.8 Å². The van der Waals surface area contributed by atoms with Gasteiger partial charge in [-0.05, 0) is 43.2 Å². The quantitative estimate of drug-likeness (QED) is 0.803. The van der Waals surface area contributed by atoms with Crippen LogP contribution in [0.15, 0.2) is 42.9 Å². The van der Waals surface area contributed by atoms with Gasteiger partial charge in [-0.2, -0.15) is 12.6 Å². The number of nitrogens with zero attached hydrogens (tertiary/aromatic N) is 2. The van der Waals surface area contributed by atoms with Gasteiger partial charge >= 0.3 is 0 Å². The zero-order valence-electron chi connectivity index (χ0n) is 9.38. The third kappa shape index (κ3) is 2.09. The van der Waals surface area contributed by atoms with Crippen molar-refractivity contribution in [3.63, 3.8) is 0 Å². The smallest absolute Gasteiger partial charge is 0.0771 e. The van der Waals surface area contributed by atoms with Gasteiger partial charge < -0.3 is 0 Å². The number of aromatic nitrogens is 2. The summed E-state index contributed by atoms with van der Waals surface area (Å²) in [4.78, 5) is 8.44. The molecule has 0 aliphatic heterocycles. The van der Waals surface area contributed by atoms with Gasteiger partial charge in [0.25, 0.3) is 0 Å². The fourth-order valence-electron chi connectivity index (χ4n) is 1.58. The van der Waals surface area contributed by atoms with Gasteiger partial charge in [-0.3, -0.25) is 9.97 Å². The molecule has 0 radical (unpaired) electrons. The Morgan fingerprint density at radius 2 is 1.81 bits per heavy atom. The van der Waals surface area contributed by atoms with Gasteiger partial charge in [0.2, 0.25) is 0 Å². The van der Waals surface area contributed by atoms with E-state index in [2.05, 4.69) is 16.0 Å². The summed E-state index contributed by atoms with van der Waals surface area (Å²) >= 11 is 4.71. The molecule has 2 nitrogen and oxygen atoms in total. The molecule has 16 heavy (non-hydrogen) atoms. The molecular weight excluding hydrogens is 216 g/mol. The van der Waals surface area contributed by atoms with Crippen LogP contribution in [0.3, 0.4) is 0 Å². The van der Waals surface area contributed by atoms with E-state index in [0.29, 0.717) is 0 Å². The number of thiol groups is 1. The Labute approximate surface area is 101 Å². The Morgan fingerprint density at radius 1 is 1.12 bits per heavy atom. The fourth-order valence-corrected chi connectivity index (χ4v) is 1.86. The molecule has 2 aromatic rings. The van der Waals surface area contributed by atoms with E-state index >= 15 is 0 Å². The molecule has 0 aliphatic carbocycles. The van der Waals surface area contributed by atoms with Crippen LogP contribution in [0, 0.1) is 6.92 Å². The van der Waals surface area contributed by atoms with Crippen molar-refractivity contribution >= 4 is 12.6 Å². The highest BCUT2D eigenvalue weighted by Crippen LogP contribution is 2.33. The first kappa shape index (κ1) is 11.1. The molecule has 1 atom stereocenters. The van der Waals surface area contributed by atoms with Crippen molar-refractivity contribution in [1.82, 2.24) is 9.97 Å². The minimum atomic E-state index is -0.378. The molecule has 0 saturated carbocycles. The van der Waals surface area contributed by atoms with E-state index in [1.807, 2.05) is 38.2 Å². The van der Waals surface area contributed by atoms with Gasteiger partial charge in [0.1, 0.15) is 0 Å². The fraction of sp³-hybridized carbons (Fsp3) is 0.231. The van der Waals surface area contributed by atoms with Crippen LogP contribution >= 0.6 is 12.6 Å². The summed E-state index contributed by atoms with van der Waals surface area (Å²) in [6, 6.07) is 8.00. The first-order valence-corrected chi connectivity index (χ1v) is 5.61. The zero-order valence-corrected chi connectivity index (χ0v) is 10.3. The van der Waals surface area contributed by atoms with Crippen LogP contribution in [0.2, 0.25) is 0 Å². The Balaban J connectivity index is 2.43. The summed E-state index contributed by atoms with van der Waals surface area (Å²) in [7, 11) is 0. The van der Waals surface area contributed by atoms with Crippen molar-refractivity contribution < 1.29 is 0 Å². The second-order valence-electron chi connectivity index (χ2n) is 4.03. The minimum Gasteiger partial charge on any atom is -0.265 e. The summed E-state index contributed by atoms with van der Waals surface area (Å²) in [6.45, 7) is 4.07. The first-order valence-electron chi connectivity index (χ1n) is 5.17. The number of pyridine rings is 2. The molecule has 0 amide bonds. The molecule has 0 bridgehead atoms. The molecule has 1 unspecified atom stereocenters. The molecule has 2 heterocycles. The summed E-state index contributed by atoms with van der Waals surface area (Å²) in [5.74, 6) is 0. The third-order valence-electron chi connectivity index (χ3n) is 2.65. The second-order valence-corrected chi connectivity index (χ2v) is 4.92. The van der Waals surface area contributed by atoms with Crippen molar-refractivity contribution in [2.75, 3.05) is 0 Å². The molecular formula is C13H14N2S. The monoisotopic (exact) mass is 230 g/mol. The zero-order chi connectivity index (χ0) is 11.6. The minimum absolute atomic E-state index is 0.378. The second kappa shape index (κ2) is 4.26. The summed E-state index contributed by atoms with van der Waals surface area (Å²) in [5, 5.41) is 0. The Morgan fingerprint density at radius 3 is 2.38 bits per heavy atom. The Hall–Kier alpha value is -1.35.